The van der Waals surface area contributed by atoms with Crippen molar-refractivity contribution in [2.75, 3.05) is 19.0 Å². The zero-order chi connectivity index (χ0) is 20.6. The van der Waals surface area contributed by atoms with Gasteiger partial charge in [-0.1, -0.05) is 12.1 Å². The number of amides is 1. The van der Waals surface area contributed by atoms with Crippen LogP contribution in [-0.2, 0) is 6.42 Å². The van der Waals surface area contributed by atoms with Crippen molar-refractivity contribution in [1.82, 2.24) is 15.3 Å². The quantitative estimate of drug-likeness (QED) is 0.573. The number of rotatable bonds is 8. The summed E-state index contributed by atoms with van der Waals surface area (Å²) in [5.74, 6) is 0.939. The van der Waals surface area contributed by atoms with Crippen LogP contribution in [0.1, 0.15) is 33.2 Å². The number of nitrogens with zero attached hydrogens (tertiary/aromatic N) is 2. The Bertz CT molecular complexity index is 986. The number of hydrogen-bond acceptors (Lipinski definition) is 6. The van der Waals surface area contributed by atoms with Gasteiger partial charge in [0, 0.05) is 30.2 Å². The van der Waals surface area contributed by atoms with Crippen LogP contribution in [0.3, 0.4) is 0 Å². The fourth-order valence-corrected chi connectivity index (χ4v) is 2.68. The number of aromatic nitrogens is 2. The molecule has 0 fully saturated rings. The molecule has 1 amide bonds. The Morgan fingerprint density at radius 3 is 2.38 bits per heavy atom. The molecule has 1 aromatic heterocycles. The van der Waals surface area contributed by atoms with Crippen LogP contribution in [0.15, 0.2) is 60.9 Å². The van der Waals surface area contributed by atoms with Gasteiger partial charge in [0.2, 0.25) is 5.95 Å². The van der Waals surface area contributed by atoms with Gasteiger partial charge in [0.05, 0.1) is 12.7 Å². The van der Waals surface area contributed by atoms with E-state index in [9.17, 15) is 9.59 Å². The SMILES string of the molecule is COc1cccc(CCNC(=O)c2cnc(Nc3ccc(C(C)=O)cc3)nc2)c1. The van der Waals surface area contributed by atoms with Gasteiger partial charge in [-0.3, -0.25) is 9.59 Å². The molecule has 1 heterocycles. The first-order valence-electron chi connectivity index (χ1n) is 9.16. The molecule has 0 bridgehead atoms. The highest BCUT2D eigenvalue weighted by Gasteiger charge is 2.07. The van der Waals surface area contributed by atoms with E-state index in [1.807, 2.05) is 24.3 Å². The van der Waals surface area contributed by atoms with Crippen molar-refractivity contribution in [3.63, 3.8) is 0 Å². The van der Waals surface area contributed by atoms with Crippen molar-refractivity contribution >= 4 is 23.3 Å². The number of carbonyl (C=O) groups is 2. The Morgan fingerprint density at radius 2 is 1.72 bits per heavy atom. The van der Waals surface area contributed by atoms with E-state index in [2.05, 4.69) is 20.6 Å². The van der Waals surface area contributed by atoms with Gasteiger partial charge >= 0.3 is 0 Å². The van der Waals surface area contributed by atoms with Gasteiger partial charge in [-0.05, 0) is 55.3 Å². The monoisotopic (exact) mass is 390 g/mol. The third-order valence-electron chi connectivity index (χ3n) is 4.29. The molecular formula is C22H22N4O3. The normalized spacial score (nSPS) is 10.3. The third kappa shape index (κ3) is 5.62. The first kappa shape index (κ1) is 20.0. The number of hydrogen-bond donors (Lipinski definition) is 2. The average Bonchev–Trinajstić information content (AvgIpc) is 2.74. The predicted molar refractivity (Wildman–Crippen MR) is 111 cm³/mol. The van der Waals surface area contributed by atoms with Crippen molar-refractivity contribution in [2.45, 2.75) is 13.3 Å². The molecule has 0 aliphatic heterocycles. The van der Waals surface area contributed by atoms with Crippen LogP contribution in [0.4, 0.5) is 11.6 Å². The largest absolute Gasteiger partial charge is 0.497 e. The van der Waals surface area contributed by atoms with Gasteiger partial charge in [-0.2, -0.15) is 0 Å². The Hall–Kier alpha value is -3.74. The summed E-state index contributed by atoms with van der Waals surface area (Å²) in [7, 11) is 1.63. The molecule has 0 radical (unpaired) electrons. The van der Waals surface area contributed by atoms with Crippen LogP contribution in [0.5, 0.6) is 5.75 Å². The second-order valence-electron chi connectivity index (χ2n) is 6.41. The summed E-state index contributed by atoms with van der Waals surface area (Å²) >= 11 is 0. The topological polar surface area (TPSA) is 93.2 Å². The van der Waals surface area contributed by atoms with Crippen LogP contribution in [0.25, 0.3) is 0 Å². The zero-order valence-corrected chi connectivity index (χ0v) is 16.3. The van der Waals surface area contributed by atoms with Crippen molar-refractivity contribution in [3.05, 3.63) is 77.6 Å². The first-order chi connectivity index (χ1) is 14.0. The Kier molecular flexibility index (Phi) is 6.52. The third-order valence-corrected chi connectivity index (χ3v) is 4.29. The second kappa shape index (κ2) is 9.45. The van der Waals surface area contributed by atoms with Gasteiger partial charge in [0.25, 0.3) is 5.91 Å². The van der Waals surface area contributed by atoms with Crippen molar-refractivity contribution < 1.29 is 14.3 Å². The van der Waals surface area contributed by atoms with Crippen molar-refractivity contribution in [1.29, 1.82) is 0 Å². The lowest BCUT2D eigenvalue weighted by Crippen LogP contribution is -2.26. The van der Waals surface area contributed by atoms with Crippen LogP contribution >= 0.6 is 0 Å². The Labute approximate surface area is 169 Å². The molecule has 0 aliphatic rings. The fraction of sp³-hybridized carbons (Fsp3) is 0.182. The maximum Gasteiger partial charge on any atom is 0.254 e. The highest BCUT2D eigenvalue weighted by atomic mass is 16.5. The molecule has 29 heavy (non-hydrogen) atoms. The van der Waals surface area contributed by atoms with Crippen molar-refractivity contribution in [2.24, 2.45) is 0 Å². The Morgan fingerprint density at radius 1 is 1.00 bits per heavy atom. The van der Waals surface area contributed by atoms with E-state index >= 15 is 0 Å². The lowest BCUT2D eigenvalue weighted by atomic mass is 10.1. The van der Waals surface area contributed by atoms with E-state index in [4.69, 9.17) is 4.74 Å². The number of Topliss-reactive ketones (excluding diaryl/α,β-unsaturated/α-hetero) is 1. The molecular weight excluding hydrogens is 368 g/mol. The predicted octanol–water partition coefficient (Wildman–Crippen LogP) is 3.40. The number of methoxy groups -OCH3 is 1. The molecule has 3 aromatic rings. The van der Waals surface area contributed by atoms with Crippen molar-refractivity contribution in [3.8, 4) is 5.75 Å². The summed E-state index contributed by atoms with van der Waals surface area (Å²) in [6.45, 7) is 2.01. The molecule has 0 aliphatic carbocycles. The molecule has 0 unspecified atom stereocenters. The standard InChI is InChI=1S/C22H22N4O3/c1-15(27)17-6-8-19(9-7-17)26-22-24-13-18(14-25-22)21(28)23-11-10-16-4-3-5-20(12-16)29-2/h3-9,12-14H,10-11H2,1-2H3,(H,23,28)(H,24,25,26). The first-order valence-corrected chi connectivity index (χ1v) is 9.16. The van der Waals surface area contributed by atoms with Gasteiger partial charge in [0.15, 0.2) is 5.78 Å². The molecule has 2 N–H and O–H groups in total. The molecule has 0 saturated carbocycles. The summed E-state index contributed by atoms with van der Waals surface area (Å²) in [6.07, 6.45) is 3.64. The summed E-state index contributed by atoms with van der Waals surface area (Å²) in [5.41, 5.74) is 2.85. The zero-order valence-electron chi connectivity index (χ0n) is 16.3. The Balaban J connectivity index is 1.52. The summed E-state index contributed by atoms with van der Waals surface area (Å²) in [6, 6.07) is 14.7. The minimum atomic E-state index is -0.231. The van der Waals surface area contributed by atoms with E-state index in [1.54, 1.807) is 31.4 Å². The van der Waals surface area contributed by atoms with E-state index < -0.39 is 0 Å². The number of anilines is 2. The number of benzene rings is 2. The van der Waals surface area contributed by atoms with E-state index in [-0.39, 0.29) is 11.7 Å². The summed E-state index contributed by atoms with van der Waals surface area (Å²) in [4.78, 5) is 31.9. The van der Waals surface area contributed by atoms with Gasteiger partial charge in [-0.15, -0.1) is 0 Å². The fourth-order valence-electron chi connectivity index (χ4n) is 2.68. The van der Waals surface area contributed by atoms with Gasteiger partial charge in [-0.25, -0.2) is 9.97 Å². The lowest BCUT2D eigenvalue weighted by Gasteiger charge is -2.08. The van der Waals surface area contributed by atoms with E-state index in [0.29, 0.717) is 30.0 Å². The molecule has 0 saturated heterocycles. The smallest absolute Gasteiger partial charge is 0.254 e. The van der Waals surface area contributed by atoms with Gasteiger partial charge < -0.3 is 15.4 Å². The highest BCUT2D eigenvalue weighted by Crippen LogP contribution is 2.15. The number of ketones is 1. The van der Waals surface area contributed by atoms with Crippen LogP contribution in [-0.4, -0.2) is 35.3 Å². The van der Waals surface area contributed by atoms with Crippen LogP contribution in [0.2, 0.25) is 0 Å². The van der Waals surface area contributed by atoms with Crippen LogP contribution in [0, 0.1) is 0 Å². The maximum absolute atomic E-state index is 12.3. The van der Waals surface area contributed by atoms with Gasteiger partial charge in [0.1, 0.15) is 5.75 Å². The molecule has 0 spiro atoms. The number of ether oxygens (including phenoxy) is 1. The molecule has 148 valence electrons. The second-order valence-corrected chi connectivity index (χ2v) is 6.41. The van der Waals surface area contributed by atoms with Crippen LogP contribution < -0.4 is 15.4 Å². The number of carbonyl (C=O) groups excluding carboxylic acids is 2. The summed E-state index contributed by atoms with van der Waals surface area (Å²) < 4.78 is 5.20. The van der Waals surface area contributed by atoms with E-state index in [1.165, 1.54) is 19.3 Å². The number of nitrogens with one attached hydrogen (secondary N) is 2. The lowest BCUT2D eigenvalue weighted by molar-refractivity contribution is 0.0952. The maximum atomic E-state index is 12.3. The molecule has 7 nitrogen and oxygen atoms in total. The summed E-state index contributed by atoms with van der Waals surface area (Å²) in [5, 5.41) is 5.89. The highest BCUT2D eigenvalue weighted by molar-refractivity contribution is 5.94. The molecule has 3 rings (SSSR count). The minimum absolute atomic E-state index is 0.00886. The molecule has 2 aromatic carbocycles. The molecule has 0 atom stereocenters. The molecule has 7 heteroatoms. The van der Waals surface area contributed by atoms with E-state index in [0.717, 1.165) is 17.0 Å². The minimum Gasteiger partial charge on any atom is -0.497 e. The average molecular weight is 390 g/mol.